The van der Waals surface area contributed by atoms with Crippen LogP contribution < -0.4 is 5.32 Å². The summed E-state index contributed by atoms with van der Waals surface area (Å²) < 4.78 is 0. The van der Waals surface area contributed by atoms with Gasteiger partial charge < -0.3 is 10.2 Å². The number of likely N-dealkylation sites (tertiary alicyclic amines) is 1. The second-order valence-corrected chi connectivity index (χ2v) is 4.47. The molecule has 1 aliphatic rings. The number of likely N-dealkylation sites (N-methyl/N-ethyl adjacent to an activating group) is 2. The molecule has 1 aliphatic heterocycles. The Hall–Kier alpha value is -0.860. The van der Waals surface area contributed by atoms with Crippen LogP contribution in [0, 0.1) is 0 Å². The third-order valence-electron chi connectivity index (χ3n) is 3.20. The standard InChI is InChI=1S/C13H20N2/c1-14-8-7-11-5-3-4-6-13(11)12-9-15(2)10-12/h3-6,12,14H,7-10H2,1-2H3. The van der Waals surface area contributed by atoms with E-state index in [-0.39, 0.29) is 0 Å². The summed E-state index contributed by atoms with van der Waals surface area (Å²) in [4.78, 5) is 2.37. The van der Waals surface area contributed by atoms with Crippen molar-refractivity contribution in [2.75, 3.05) is 33.7 Å². The van der Waals surface area contributed by atoms with Gasteiger partial charge in [0.2, 0.25) is 0 Å². The highest BCUT2D eigenvalue weighted by Gasteiger charge is 2.26. The third kappa shape index (κ3) is 2.39. The van der Waals surface area contributed by atoms with E-state index in [0.29, 0.717) is 0 Å². The predicted molar refractivity (Wildman–Crippen MR) is 64.3 cm³/mol. The van der Waals surface area contributed by atoms with Crippen molar-refractivity contribution in [2.24, 2.45) is 0 Å². The van der Waals surface area contributed by atoms with Gasteiger partial charge >= 0.3 is 0 Å². The summed E-state index contributed by atoms with van der Waals surface area (Å²) in [5.74, 6) is 0.767. The fourth-order valence-electron chi connectivity index (χ4n) is 2.32. The van der Waals surface area contributed by atoms with E-state index in [1.807, 2.05) is 7.05 Å². The predicted octanol–water partition coefficient (Wildman–Crippen LogP) is 1.48. The minimum Gasteiger partial charge on any atom is -0.319 e. The average Bonchev–Trinajstić information content (AvgIpc) is 2.23. The van der Waals surface area contributed by atoms with Crippen LogP contribution in [0.4, 0.5) is 0 Å². The first-order valence-electron chi connectivity index (χ1n) is 5.72. The molecule has 0 radical (unpaired) electrons. The van der Waals surface area contributed by atoms with Gasteiger partial charge in [0.1, 0.15) is 0 Å². The van der Waals surface area contributed by atoms with Crippen molar-refractivity contribution in [3.63, 3.8) is 0 Å². The Morgan fingerprint density at radius 1 is 1.33 bits per heavy atom. The summed E-state index contributed by atoms with van der Waals surface area (Å²) >= 11 is 0. The molecule has 82 valence electrons. The Morgan fingerprint density at radius 3 is 2.73 bits per heavy atom. The van der Waals surface area contributed by atoms with Gasteiger partial charge in [-0.15, -0.1) is 0 Å². The Kier molecular flexibility index (Phi) is 3.39. The largest absolute Gasteiger partial charge is 0.319 e. The average molecular weight is 204 g/mol. The summed E-state index contributed by atoms with van der Waals surface area (Å²) in [6.45, 7) is 3.51. The minimum absolute atomic E-state index is 0.767. The van der Waals surface area contributed by atoms with Gasteiger partial charge in [-0.05, 0) is 38.2 Å². The minimum atomic E-state index is 0.767. The van der Waals surface area contributed by atoms with Crippen LogP contribution in [0.1, 0.15) is 17.0 Å². The Morgan fingerprint density at radius 2 is 2.07 bits per heavy atom. The lowest BCUT2D eigenvalue weighted by molar-refractivity contribution is 0.189. The second-order valence-electron chi connectivity index (χ2n) is 4.47. The summed E-state index contributed by atoms with van der Waals surface area (Å²) in [5, 5.41) is 3.22. The van der Waals surface area contributed by atoms with Crippen molar-refractivity contribution in [1.29, 1.82) is 0 Å². The molecule has 0 bridgehead atoms. The molecule has 1 heterocycles. The third-order valence-corrected chi connectivity index (χ3v) is 3.20. The fourth-order valence-corrected chi connectivity index (χ4v) is 2.32. The highest BCUT2D eigenvalue weighted by Crippen LogP contribution is 2.28. The zero-order valence-electron chi connectivity index (χ0n) is 9.66. The van der Waals surface area contributed by atoms with E-state index in [1.165, 1.54) is 18.7 Å². The van der Waals surface area contributed by atoms with E-state index < -0.39 is 0 Å². The first-order valence-corrected chi connectivity index (χ1v) is 5.72. The molecule has 1 aromatic rings. The summed E-state index contributed by atoms with van der Waals surface area (Å²) in [5.41, 5.74) is 3.08. The smallest absolute Gasteiger partial charge is 0.00961 e. The lowest BCUT2D eigenvalue weighted by Crippen LogP contribution is -2.42. The van der Waals surface area contributed by atoms with E-state index >= 15 is 0 Å². The molecule has 1 N–H and O–H groups in total. The maximum absolute atomic E-state index is 3.22. The first kappa shape index (κ1) is 10.7. The molecule has 1 saturated heterocycles. The topological polar surface area (TPSA) is 15.3 Å². The molecule has 1 fully saturated rings. The number of hydrogen-bond donors (Lipinski definition) is 1. The van der Waals surface area contributed by atoms with Crippen LogP contribution in [0.2, 0.25) is 0 Å². The van der Waals surface area contributed by atoms with E-state index in [1.54, 1.807) is 5.56 Å². The molecule has 0 saturated carbocycles. The molecule has 0 spiro atoms. The number of benzene rings is 1. The Bertz CT molecular complexity index is 316. The molecule has 0 unspecified atom stereocenters. The van der Waals surface area contributed by atoms with Crippen molar-refractivity contribution >= 4 is 0 Å². The highest BCUT2D eigenvalue weighted by molar-refractivity contribution is 5.32. The number of hydrogen-bond acceptors (Lipinski definition) is 2. The molecule has 15 heavy (non-hydrogen) atoms. The van der Waals surface area contributed by atoms with E-state index in [2.05, 4.69) is 41.5 Å². The second kappa shape index (κ2) is 4.77. The van der Waals surface area contributed by atoms with E-state index in [9.17, 15) is 0 Å². The van der Waals surface area contributed by atoms with Crippen molar-refractivity contribution < 1.29 is 0 Å². The normalized spacial score (nSPS) is 17.7. The van der Waals surface area contributed by atoms with Crippen LogP contribution in [-0.4, -0.2) is 38.6 Å². The fraction of sp³-hybridized carbons (Fsp3) is 0.538. The quantitative estimate of drug-likeness (QED) is 0.799. The molecule has 0 atom stereocenters. The van der Waals surface area contributed by atoms with Crippen molar-refractivity contribution in [1.82, 2.24) is 10.2 Å². The van der Waals surface area contributed by atoms with Gasteiger partial charge in [0.05, 0.1) is 0 Å². The monoisotopic (exact) mass is 204 g/mol. The zero-order valence-corrected chi connectivity index (χ0v) is 9.66. The summed E-state index contributed by atoms with van der Waals surface area (Å²) in [6.07, 6.45) is 1.15. The van der Waals surface area contributed by atoms with Crippen molar-refractivity contribution in [3.8, 4) is 0 Å². The van der Waals surface area contributed by atoms with Gasteiger partial charge in [-0.3, -0.25) is 0 Å². The first-order chi connectivity index (χ1) is 7.31. The van der Waals surface area contributed by atoms with Crippen molar-refractivity contribution in [3.05, 3.63) is 35.4 Å². The molecule has 0 amide bonds. The lowest BCUT2D eigenvalue weighted by Gasteiger charge is -2.37. The van der Waals surface area contributed by atoms with E-state index in [0.717, 1.165) is 18.9 Å². The van der Waals surface area contributed by atoms with Crippen LogP contribution in [0.15, 0.2) is 24.3 Å². The maximum atomic E-state index is 3.22. The highest BCUT2D eigenvalue weighted by atomic mass is 15.2. The van der Waals surface area contributed by atoms with Gasteiger partial charge in [-0.1, -0.05) is 24.3 Å². The summed E-state index contributed by atoms with van der Waals surface area (Å²) in [6, 6.07) is 8.88. The van der Waals surface area contributed by atoms with Crippen LogP contribution in [0.25, 0.3) is 0 Å². The Balaban J connectivity index is 2.08. The lowest BCUT2D eigenvalue weighted by atomic mass is 9.87. The van der Waals surface area contributed by atoms with Crippen LogP contribution in [0.3, 0.4) is 0 Å². The molecule has 0 aromatic heterocycles. The van der Waals surface area contributed by atoms with Crippen molar-refractivity contribution in [2.45, 2.75) is 12.3 Å². The number of rotatable bonds is 4. The van der Waals surface area contributed by atoms with Gasteiger partial charge in [0.15, 0.2) is 0 Å². The van der Waals surface area contributed by atoms with Gasteiger partial charge in [-0.2, -0.15) is 0 Å². The van der Waals surface area contributed by atoms with Gasteiger partial charge in [-0.25, -0.2) is 0 Å². The van der Waals surface area contributed by atoms with Crippen LogP contribution in [-0.2, 0) is 6.42 Å². The molecule has 2 nitrogen and oxygen atoms in total. The van der Waals surface area contributed by atoms with Gasteiger partial charge in [0, 0.05) is 19.0 Å². The molecule has 1 aromatic carbocycles. The molecule has 2 heteroatoms. The maximum Gasteiger partial charge on any atom is 0.00961 e. The Labute approximate surface area is 92.3 Å². The number of nitrogens with one attached hydrogen (secondary N) is 1. The van der Waals surface area contributed by atoms with Crippen LogP contribution in [0.5, 0.6) is 0 Å². The SMILES string of the molecule is CNCCc1ccccc1C1CN(C)C1. The molecule has 2 rings (SSSR count). The van der Waals surface area contributed by atoms with Crippen LogP contribution >= 0.6 is 0 Å². The van der Waals surface area contributed by atoms with Gasteiger partial charge in [0.25, 0.3) is 0 Å². The summed E-state index contributed by atoms with van der Waals surface area (Å²) in [7, 11) is 4.20. The molecular formula is C13H20N2. The number of nitrogens with zero attached hydrogens (tertiary/aromatic N) is 1. The molecule has 0 aliphatic carbocycles. The van der Waals surface area contributed by atoms with E-state index in [4.69, 9.17) is 0 Å². The molecular weight excluding hydrogens is 184 g/mol. The zero-order chi connectivity index (χ0) is 10.7.